The second kappa shape index (κ2) is 7.15. The highest BCUT2D eigenvalue weighted by Crippen LogP contribution is 2.36. The zero-order valence-electron chi connectivity index (χ0n) is 13.2. The van der Waals surface area contributed by atoms with Crippen LogP contribution in [0.4, 0.5) is 11.4 Å². The number of nitrogens with zero attached hydrogens (tertiary/aromatic N) is 2. The Morgan fingerprint density at radius 3 is 2.64 bits per heavy atom. The average Bonchev–Trinajstić information content (AvgIpc) is 2.50. The van der Waals surface area contributed by atoms with Gasteiger partial charge in [0.1, 0.15) is 18.0 Å². The second-order valence-corrected chi connectivity index (χ2v) is 5.34. The van der Waals surface area contributed by atoms with E-state index in [0.29, 0.717) is 30.2 Å². The van der Waals surface area contributed by atoms with Crippen LogP contribution in [0.2, 0.25) is 0 Å². The number of nitrogen functional groups attached to an aromatic ring is 1. The van der Waals surface area contributed by atoms with Crippen molar-refractivity contribution < 1.29 is 14.3 Å². The lowest BCUT2D eigenvalue weighted by molar-refractivity contribution is -0.132. The van der Waals surface area contributed by atoms with Gasteiger partial charge in [0.15, 0.2) is 6.61 Å². The molecule has 0 spiro atoms. The van der Waals surface area contributed by atoms with Gasteiger partial charge in [-0.3, -0.25) is 14.5 Å². The van der Waals surface area contributed by atoms with E-state index in [0.717, 1.165) is 12.8 Å². The largest absolute Gasteiger partial charge is 0.481 e. The van der Waals surface area contributed by atoms with E-state index in [1.54, 1.807) is 23.1 Å². The van der Waals surface area contributed by atoms with Crippen molar-refractivity contribution in [2.45, 2.75) is 26.7 Å². The summed E-state index contributed by atoms with van der Waals surface area (Å²) in [6, 6.07) is 5.23. The molecule has 1 aromatic rings. The molecule has 2 N–H and O–H groups in total. The lowest BCUT2D eigenvalue weighted by Crippen LogP contribution is -2.47. The van der Waals surface area contributed by atoms with E-state index in [2.05, 4.69) is 0 Å². The first-order chi connectivity index (χ1) is 10.6. The Labute approximate surface area is 130 Å². The first kappa shape index (κ1) is 16.1. The summed E-state index contributed by atoms with van der Waals surface area (Å²) in [6.45, 7) is 5.39. The molecule has 1 aromatic carbocycles. The normalized spacial score (nSPS) is 13.5. The number of hydrogen-bond donors (Lipinski definition) is 1. The Morgan fingerprint density at radius 1 is 1.32 bits per heavy atom. The van der Waals surface area contributed by atoms with Crippen LogP contribution in [-0.2, 0) is 9.59 Å². The number of ether oxygens (including phenoxy) is 1. The highest BCUT2D eigenvalue weighted by atomic mass is 16.5. The summed E-state index contributed by atoms with van der Waals surface area (Å²) in [4.78, 5) is 27.9. The summed E-state index contributed by atoms with van der Waals surface area (Å²) in [5.74, 6) is 0.241. The van der Waals surface area contributed by atoms with Crippen LogP contribution in [0.15, 0.2) is 18.2 Å². The number of rotatable bonds is 6. The standard InChI is InChI=1S/C16H23N3O3/c1-3-8-18(9-4-2)14(20)10-19-15(21)11-22-13-7-5-6-12(17)16(13)19/h5-7H,3-4,8-11,17H2,1-2H3. The predicted octanol–water partition coefficient (Wildman–Crippen LogP) is 1.64. The molecule has 0 unspecified atom stereocenters. The number of fused-ring (bicyclic) bond motifs is 1. The molecule has 0 saturated carbocycles. The van der Waals surface area contributed by atoms with Gasteiger partial charge in [-0.15, -0.1) is 0 Å². The van der Waals surface area contributed by atoms with Crippen LogP contribution in [0, 0.1) is 0 Å². The summed E-state index contributed by atoms with van der Waals surface area (Å²) >= 11 is 0. The highest BCUT2D eigenvalue weighted by molar-refractivity contribution is 6.04. The van der Waals surface area contributed by atoms with Crippen molar-refractivity contribution in [3.05, 3.63) is 18.2 Å². The van der Waals surface area contributed by atoms with E-state index in [1.165, 1.54) is 4.90 Å². The monoisotopic (exact) mass is 305 g/mol. The SMILES string of the molecule is CCCN(CCC)C(=O)CN1C(=O)COc2cccc(N)c21. The Bertz CT molecular complexity index is 554. The fourth-order valence-electron chi connectivity index (χ4n) is 2.59. The smallest absolute Gasteiger partial charge is 0.265 e. The van der Waals surface area contributed by atoms with Crippen molar-refractivity contribution in [3.63, 3.8) is 0 Å². The van der Waals surface area contributed by atoms with E-state index in [9.17, 15) is 9.59 Å². The van der Waals surface area contributed by atoms with E-state index in [1.807, 2.05) is 13.8 Å². The van der Waals surface area contributed by atoms with Gasteiger partial charge in [0.05, 0.1) is 5.69 Å². The fourth-order valence-corrected chi connectivity index (χ4v) is 2.59. The van der Waals surface area contributed by atoms with Crippen molar-refractivity contribution >= 4 is 23.2 Å². The van der Waals surface area contributed by atoms with Gasteiger partial charge in [-0.25, -0.2) is 0 Å². The maximum absolute atomic E-state index is 12.5. The maximum Gasteiger partial charge on any atom is 0.265 e. The molecule has 120 valence electrons. The number of anilines is 2. The summed E-state index contributed by atoms with van der Waals surface area (Å²) in [5, 5.41) is 0. The van der Waals surface area contributed by atoms with Crippen molar-refractivity contribution in [2.24, 2.45) is 0 Å². The molecule has 0 fully saturated rings. The third-order valence-electron chi connectivity index (χ3n) is 3.59. The van der Waals surface area contributed by atoms with Gasteiger partial charge in [-0.1, -0.05) is 19.9 Å². The molecule has 6 heteroatoms. The van der Waals surface area contributed by atoms with E-state index in [-0.39, 0.29) is 25.0 Å². The second-order valence-electron chi connectivity index (χ2n) is 5.34. The number of carbonyl (C=O) groups excluding carboxylic acids is 2. The molecular weight excluding hydrogens is 282 g/mol. The summed E-state index contributed by atoms with van der Waals surface area (Å²) in [6.07, 6.45) is 1.78. The van der Waals surface area contributed by atoms with Crippen molar-refractivity contribution in [3.8, 4) is 5.75 Å². The maximum atomic E-state index is 12.5. The summed E-state index contributed by atoms with van der Waals surface area (Å²) in [7, 11) is 0. The molecule has 0 atom stereocenters. The van der Waals surface area contributed by atoms with Gasteiger partial charge < -0.3 is 15.4 Å². The van der Waals surface area contributed by atoms with E-state index < -0.39 is 0 Å². The first-order valence-corrected chi connectivity index (χ1v) is 7.67. The number of para-hydroxylation sites is 1. The minimum Gasteiger partial charge on any atom is -0.481 e. The lowest BCUT2D eigenvalue weighted by atomic mass is 10.2. The molecule has 0 aliphatic carbocycles. The fraction of sp³-hybridized carbons (Fsp3) is 0.500. The van der Waals surface area contributed by atoms with Gasteiger partial charge >= 0.3 is 0 Å². The van der Waals surface area contributed by atoms with Crippen molar-refractivity contribution in [1.82, 2.24) is 4.90 Å². The lowest BCUT2D eigenvalue weighted by Gasteiger charge is -2.32. The molecule has 0 aromatic heterocycles. The van der Waals surface area contributed by atoms with Crippen LogP contribution in [0.25, 0.3) is 0 Å². The Kier molecular flexibility index (Phi) is 5.25. The van der Waals surface area contributed by atoms with Gasteiger partial charge in [-0.2, -0.15) is 0 Å². The van der Waals surface area contributed by atoms with Crippen LogP contribution in [0.5, 0.6) is 5.75 Å². The van der Waals surface area contributed by atoms with E-state index in [4.69, 9.17) is 10.5 Å². The number of nitrogens with two attached hydrogens (primary N) is 1. The molecule has 0 bridgehead atoms. The number of benzene rings is 1. The third-order valence-corrected chi connectivity index (χ3v) is 3.59. The quantitative estimate of drug-likeness (QED) is 0.811. The molecule has 2 rings (SSSR count). The molecule has 1 heterocycles. The highest BCUT2D eigenvalue weighted by Gasteiger charge is 2.30. The number of hydrogen-bond acceptors (Lipinski definition) is 4. The van der Waals surface area contributed by atoms with Gasteiger partial charge in [0.2, 0.25) is 5.91 Å². The summed E-state index contributed by atoms with van der Waals surface area (Å²) < 4.78 is 5.39. The molecule has 0 radical (unpaired) electrons. The van der Waals surface area contributed by atoms with Crippen molar-refractivity contribution in [1.29, 1.82) is 0 Å². The predicted molar refractivity (Wildman–Crippen MR) is 85.9 cm³/mol. The average molecular weight is 305 g/mol. The Morgan fingerprint density at radius 2 is 2.00 bits per heavy atom. The van der Waals surface area contributed by atoms with Crippen LogP contribution in [-0.4, -0.2) is 43.0 Å². The Hall–Kier alpha value is -2.24. The van der Waals surface area contributed by atoms with Gasteiger partial charge in [0, 0.05) is 13.1 Å². The number of carbonyl (C=O) groups is 2. The van der Waals surface area contributed by atoms with Crippen LogP contribution in [0.1, 0.15) is 26.7 Å². The molecule has 22 heavy (non-hydrogen) atoms. The van der Waals surface area contributed by atoms with Crippen molar-refractivity contribution in [2.75, 3.05) is 36.9 Å². The first-order valence-electron chi connectivity index (χ1n) is 7.67. The molecule has 6 nitrogen and oxygen atoms in total. The van der Waals surface area contributed by atoms with Crippen LogP contribution >= 0.6 is 0 Å². The van der Waals surface area contributed by atoms with Gasteiger partial charge in [-0.05, 0) is 25.0 Å². The number of amides is 2. The Balaban J connectivity index is 2.22. The summed E-state index contributed by atoms with van der Waals surface area (Å²) in [5.41, 5.74) is 6.91. The third kappa shape index (κ3) is 3.32. The van der Waals surface area contributed by atoms with E-state index >= 15 is 0 Å². The zero-order chi connectivity index (χ0) is 16.1. The van der Waals surface area contributed by atoms with Crippen LogP contribution < -0.4 is 15.4 Å². The zero-order valence-corrected chi connectivity index (χ0v) is 13.2. The minimum atomic E-state index is -0.244. The molecule has 1 aliphatic rings. The molecule has 1 aliphatic heterocycles. The molecule has 2 amide bonds. The minimum absolute atomic E-state index is 0.00338. The topological polar surface area (TPSA) is 75.9 Å². The van der Waals surface area contributed by atoms with Gasteiger partial charge in [0.25, 0.3) is 5.91 Å². The van der Waals surface area contributed by atoms with Crippen LogP contribution in [0.3, 0.4) is 0 Å². The molecule has 0 saturated heterocycles. The molecular formula is C16H23N3O3.